The lowest BCUT2D eigenvalue weighted by molar-refractivity contribution is -0.271. The lowest BCUT2D eigenvalue weighted by Gasteiger charge is -2.38. The van der Waals surface area contributed by atoms with Crippen molar-refractivity contribution in [2.75, 3.05) is 0 Å². The van der Waals surface area contributed by atoms with E-state index in [-0.39, 0.29) is 5.88 Å². The lowest BCUT2D eigenvalue weighted by Crippen LogP contribution is -2.61. The van der Waals surface area contributed by atoms with E-state index in [1.165, 1.54) is 32.1 Å². The van der Waals surface area contributed by atoms with Gasteiger partial charge in [0.05, 0.1) is 0 Å². The molecule has 2 heterocycles. The van der Waals surface area contributed by atoms with Gasteiger partial charge in [-0.25, -0.2) is 4.79 Å². The Morgan fingerprint density at radius 3 is 2.34 bits per heavy atom. The zero-order valence-corrected chi connectivity index (χ0v) is 16.0. The Morgan fingerprint density at radius 1 is 1.07 bits per heavy atom. The number of carboxylic acid groups (broad SMARTS) is 1. The average Bonchev–Trinajstić information content (AvgIpc) is 3.11. The molecule has 1 aliphatic carbocycles. The minimum atomic E-state index is -1.74. The van der Waals surface area contributed by atoms with Crippen molar-refractivity contribution in [2.24, 2.45) is 5.73 Å². The van der Waals surface area contributed by atoms with Gasteiger partial charge in [-0.1, -0.05) is 37.5 Å². The first-order valence-corrected chi connectivity index (χ1v) is 9.79. The standard InChI is InChI=1S/C14H15NO7.C6H13N/c16-9-10(17)12(13(19)20)22-14(11(9)18)21-8-5-6-3-1-2-4-7(6)15-8;7-6-4-2-1-3-5-6/h1-5,9-12,14-18H,(H,19,20);6H,1-5,7H2/t9-,10-,11+,12-,14+;/m0./s1. The molecule has 2 aromatic rings. The molecule has 0 spiro atoms. The fraction of sp³-hybridized carbons (Fsp3) is 0.550. The number of para-hydroxylation sites is 1. The maximum Gasteiger partial charge on any atom is 0.335 e. The van der Waals surface area contributed by atoms with E-state index in [4.69, 9.17) is 20.3 Å². The van der Waals surface area contributed by atoms with Gasteiger partial charge < -0.3 is 40.6 Å². The number of rotatable bonds is 3. The largest absolute Gasteiger partial charge is 0.479 e. The second-order valence-corrected chi connectivity index (χ2v) is 7.47. The van der Waals surface area contributed by atoms with Crippen molar-refractivity contribution in [1.29, 1.82) is 0 Å². The molecule has 1 aromatic carbocycles. The molecular weight excluding hydrogens is 380 g/mol. The minimum absolute atomic E-state index is 0.248. The number of nitrogens with one attached hydrogen (secondary N) is 1. The molecule has 9 nitrogen and oxygen atoms in total. The van der Waals surface area contributed by atoms with Gasteiger partial charge in [-0.2, -0.15) is 0 Å². The number of aliphatic hydroxyl groups is 3. The SMILES string of the molecule is NC1CCCCC1.O=C(O)[C@H]1O[C@@H](Oc2cc3ccccc3[nH]2)[C@H](O)[C@@H](O)[C@@H]1O. The van der Waals surface area contributed by atoms with Gasteiger partial charge in [-0.15, -0.1) is 0 Å². The second kappa shape index (κ2) is 9.55. The number of hydrogen-bond donors (Lipinski definition) is 6. The van der Waals surface area contributed by atoms with Crippen LogP contribution >= 0.6 is 0 Å². The van der Waals surface area contributed by atoms with Crippen LogP contribution in [0.1, 0.15) is 32.1 Å². The smallest absolute Gasteiger partial charge is 0.335 e. The highest BCUT2D eigenvalue weighted by Gasteiger charge is 2.48. The molecule has 2 aliphatic rings. The summed E-state index contributed by atoms with van der Waals surface area (Å²) in [7, 11) is 0. The fourth-order valence-corrected chi connectivity index (χ4v) is 3.52. The molecule has 160 valence electrons. The summed E-state index contributed by atoms with van der Waals surface area (Å²) in [6, 6.07) is 9.52. The summed E-state index contributed by atoms with van der Waals surface area (Å²) in [5.41, 5.74) is 6.42. The molecule has 5 atom stereocenters. The number of benzene rings is 1. The van der Waals surface area contributed by atoms with Gasteiger partial charge in [0.2, 0.25) is 6.29 Å². The molecule has 1 aromatic heterocycles. The number of aliphatic carboxylic acids is 1. The highest BCUT2D eigenvalue weighted by molar-refractivity contribution is 5.81. The Morgan fingerprint density at radius 2 is 1.76 bits per heavy atom. The zero-order chi connectivity index (χ0) is 21.0. The predicted molar refractivity (Wildman–Crippen MR) is 104 cm³/mol. The van der Waals surface area contributed by atoms with E-state index in [1.807, 2.05) is 24.3 Å². The summed E-state index contributed by atoms with van der Waals surface area (Å²) in [6.45, 7) is 0. The molecular formula is C20H28N2O7. The monoisotopic (exact) mass is 408 g/mol. The predicted octanol–water partition coefficient (Wildman–Crippen LogP) is 0.717. The number of aromatic nitrogens is 1. The van der Waals surface area contributed by atoms with Crippen LogP contribution in [0.25, 0.3) is 10.9 Å². The molecule has 0 radical (unpaired) electrons. The van der Waals surface area contributed by atoms with E-state index in [0.717, 1.165) is 10.9 Å². The third kappa shape index (κ3) is 5.26. The number of H-pyrrole nitrogens is 1. The van der Waals surface area contributed by atoms with Gasteiger partial charge in [0, 0.05) is 23.0 Å². The van der Waals surface area contributed by atoms with E-state index >= 15 is 0 Å². The number of ether oxygens (including phenoxy) is 2. The van der Waals surface area contributed by atoms with Crippen LogP contribution in [0.4, 0.5) is 0 Å². The van der Waals surface area contributed by atoms with E-state index in [0.29, 0.717) is 6.04 Å². The van der Waals surface area contributed by atoms with Crippen molar-refractivity contribution < 1.29 is 34.7 Å². The van der Waals surface area contributed by atoms with Gasteiger partial charge in [-0.05, 0) is 18.9 Å². The van der Waals surface area contributed by atoms with Crippen molar-refractivity contribution in [1.82, 2.24) is 4.98 Å². The number of aliphatic hydroxyl groups excluding tert-OH is 3. The summed E-state index contributed by atoms with van der Waals surface area (Å²) in [6.07, 6.45) is -1.47. The van der Waals surface area contributed by atoms with Crippen molar-refractivity contribution in [2.45, 2.75) is 68.9 Å². The molecule has 7 N–H and O–H groups in total. The summed E-state index contributed by atoms with van der Waals surface area (Å²) < 4.78 is 10.4. The number of aromatic amines is 1. The first-order valence-electron chi connectivity index (χ1n) is 9.79. The maximum absolute atomic E-state index is 11.0. The molecule has 1 aliphatic heterocycles. The summed E-state index contributed by atoms with van der Waals surface area (Å²) >= 11 is 0. The van der Waals surface area contributed by atoms with Crippen LogP contribution in [-0.4, -0.2) is 68.1 Å². The van der Waals surface area contributed by atoms with Gasteiger partial charge in [0.1, 0.15) is 18.3 Å². The third-order valence-corrected chi connectivity index (χ3v) is 5.21. The first kappa shape index (κ1) is 21.5. The Hall–Kier alpha value is -2.17. The van der Waals surface area contributed by atoms with E-state index in [1.54, 1.807) is 6.07 Å². The van der Waals surface area contributed by atoms with Gasteiger partial charge in [0.25, 0.3) is 0 Å². The average molecular weight is 408 g/mol. The molecule has 4 rings (SSSR count). The topological polar surface area (TPSA) is 158 Å². The van der Waals surface area contributed by atoms with Crippen molar-refractivity contribution in [3.63, 3.8) is 0 Å². The number of carboxylic acids is 1. The molecule has 0 bridgehead atoms. The molecule has 2 fully saturated rings. The molecule has 0 unspecified atom stereocenters. The second-order valence-electron chi connectivity index (χ2n) is 7.47. The van der Waals surface area contributed by atoms with E-state index in [9.17, 15) is 20.1 Å². The minimum Gasteiger partial charge on any atom is -0.479 e. The lowest BCUT2D eigenvalue weighted by atomic mass is 9.97. The van der Waals surface area contributed by atoms with Crippen LogP contribution in [0, 0.1) is 0 Å². The van der Waals surface area contributed by atoms with Gasteiger partial charge in [-0.3, -0.25) is 0 Å². The highest BCUT2D eigenvalue weighted by Crippen LogP contribution is 2.26. The molecule has 1 saturated heterocycles. The highest BCUT2D eigenvalue weighted by atomic mass is 16.7. The normalized spacial score (nSPS) is 30.4. The van der Waals surface area contributed by atoms with Crippen LogP contribution < -0.4 is 10.5 Å². The Labute approximate surface area is 168 Å². The van der Waals surface area contributed by atoms with Crippen molar-refractivity contribution >= 4 is 16.9 Å². The van der Waals surface area contributed by atoms with Gasteiger partial charge in [0.15, 0.2) is 12.0 Å². The summed E-state index contributed by atoms with van der Waals surface area (Å²) in [4.78, 5) is 13.9. The van der Waals surface area contributed by atoms with Crippen molar-refractivity contribution in [3.05, 3.63) is 30.3 Å². The Kier molecular flexibility index (Phi) is 7.09. The molecule has 9 heteroatoms. The quantitative estimate of drug-likeness (QED) is 0.433. The fourth-order valence-electron chi connectivity index (χ4n) is 3.52. The Bertz CT molecular complexity index is 772. The maximum atomic E-state index is 11.0. The molecule has 0 amide bonds. The Balaban J connectivity index is 0.000000290. The van der Waals surface area contributed by atoms with Crippen LogP contribution in [0.15, 0.2) is 30.3 Å². The van der Waals surface area contributed by atoms with Gasteiger partial charge >= 0.3 is 5.97 Å². The number of carbonyl (C=O) groups is 1. The number of hydrogen-bond acceptors (Lipinski definition) is 7. The van der Waals surface area contributed by atoms with E-state index in [2.05, 4.69) is 4.98 Å². The van der Waals surface area contributed by atoms with Crippen LogP contribution in [0.5, 0.6) is 5.88 Å². The summed E-state index contributed by atoms with van der Waals surface area (Å²) in [5.74, 6) is -1.21. The summed E-state index contributed by atoms with van der Waals surface area (Å²) in [5, 5.41) is 39.0. The number of nitrogens with two attached hydrogens (primary N) is 1. The van der Waals surface area contributed by atoms with Crippen LogP contribution in [0.2, 0.25) is 0 Å². The van der Waals surface area contributed by atoms with Crippen LogP contribution in [-0.2, 0) is 9.53 Å². The number of fused-ring (bicyclic) bond motifs is 1. The third-order valence-electron chi connectivity index (χ3n) is 5.21. The molecule has 1 saturated carbocycles. The first-order chi connectivity index (χ1) is 13.9. The van der Waals surface area contributed by atoms with Crippen molar-refractivity contribution in [3.8, 4) is 5.88 Å². The molecule has 29 heavy (non-hydrogen) atoms. The van der Waals surface area contributed by atoms with Crippen LogP contribution in [0.3, 0.4) is 0 Å². The zero-order valence-electron chi connectivity index (χ0n) is 16.0. The van der Waals surface area contributed by atoms with E-state index < -0.39 is 36.7 Å².